The zero-order chi connectivity index (χ0) is 20.1. The van der Waals surface area contributed by atoms with Crippen LogP contribution in [0.3, 0.4) is 0 Å². The molecule has 0 aliphatic heterocycles. The van der Waals surface area contributed by atoms with Crippen molar-refractivity contribution in [1.29, 1.82) is 0 Å². The van der Waals surface area contributed by atoms with Crippen molar-refractivity contribution in [3.05, 3.63) is 58.5 Å². The molecule has 3 rings (SSSR count). The van der Waals surface area contributed by atoms with Crippen LogP contribution in [0.1, 0.15) is 11.1 Å². The van der Waals surface area contributed by atoms with Crippen molar-refractivity contribution >= 4 is 23.8 Å². The molecule has 8 heteroatoms. The number of carboxylic acids is 1. The molecule has 1 aromatic heterocycles. The number of hydrogen-bond donors (Lipinski definition) is 1. The monoisotopic (exact) mass is 396 g/mol. The Morgan fingerprint density at radius 1 is 1.11 bits per heavy atom. The largest absolute Gasteiger partial charge is 0.544 e. The van der Waals surface area contributed by atoms with Gasteiger partial charge in [-0.2, -0.15) is 0 Å². The van der Waals surface area contributed by atoms with E-state index >= 15 is 0 Å². The molecule has 2 aromatic carbocycles. The second kappa shape index (κ2) is 8.62. The Morgan fingerprint density at radius 3 is 2.32 bits per heavy atom. The number of carboxylic acid groups (broad SMARTS) is 1. The molecule has 0 amide bonds. The average molecular weight is 396 g/mol. The highest BCUT2D eigenvalue weighted by atomic mass is 32.2. The van der Waals surface area contributed by atoms with Crippen LogP contribution in [-0.2, 0) is 4.79 Å². The van der Waals surface area contributed by atoms with Crippen LogP contribution >= 0.6 is 11.8 Å². The normalized spacial score (nSPS) is 11.3. The number of benzene rings is 2. The number of methoxy groups -OCH3 is 2. The lowest BCUT2D eigenvalue weighted by Gasteiger charge is -2.07. The predicted molar refractivity (Wildman–Crippen MR) is 105 cm³/mol. The first kappa shape index (κ1) is 19.5. The van der Waals surface area contributed by atoms with Crippen molar-refractivity contribution < 1.29 is 19.4 Å². The fourth-order valence-electron chi connectivity index (χ4n) is 2.41. The van der Waals surface area contributed by atoms with Crippen molar-refractivity contribution in [3.63, 3.8) is 0 Å². The maximum Gasteiger partial charge on any atom is 0.213 e. The number of aliphatic carboxylic acids is 1. The van der Waals surface area contributed by atoms with E-state index in [0.717, 1.165) is 22.9 Å². The van der Waals surface area contributed by atoms with Gasteiger partial charge < -0.3 is 19.4 Å². The van der Waals surface area contributed by atoms with Crippen molar-refractivity contribution in [1.82, 2.24) is 15.2 Å². The Balaban J connectivity index is 1.86. The van der Waals surface area contributed by atoms with E-state index in [0.29, 0.717) is 22.9 Å². The first-order chi connectivity index (χ1) is 13.5. The highest BCUT2D eigenvalue weighted by molar-refractivity contribution is 8.04. The van der Waals surface area contributed by atoms with Gasteiger partial charge in [-0.1, -0.05) is 29.8 Å². The van der Waals surface area contributed by atoms with E-state index in [1.54, 1.807) is 32.4 Å². The topological polar surface area (TPSA) is 100 Å². The number of H-pyrrole nitrogens is 1. The van der Waals surface area contributed by atoms with Gasteiger partial charge in [0.1, 0.15) is 11.5 Å². The summed E-state index contributed by atoms with van der Waals surface area (Å²) in [6, 6.07) is 12.8. The molecule has 0 unspecified atom stereocenters. The first-order valence-corrected chi connectivity index (χ1v) is 9.13. The van der Waals surface area contributed by atoms with E-state index in [2.05, 4.69) is 15.2 Å². The van der Waals surface area contributed by atoms with E-state index in [1.807, 2.05) is 31.2 Å². The molecule has 28 heavy (non-hydrogen) atoms. The van der Waals surface area contributed by atoms with Gasteiger partial charge in [-0.3, -0.25) is 5.10 Å². The van der Waals surface area contributed by atoms with Crippen molar-refractivity contribution in [2.24, 2.45) is 0 Å². The molecule has 0 saturated carbocycles. The zero-order valence-electron chi connectivity index (χ0n) is 15.6. The molecule has 1 heterocycles. The second-order valence-corrected chi connectivity index (χ2v) is 6.89. The number of aryl methyl sites for hydroxylation is 1. The number of aromatic amines is 1. The number of nitrogens with one attached hydrogen (secondary N) is 1. The van der Waals surface area contributed by atoms with Gasteiger partial charge in [-0.05, 0) is 42.5 Å². The molecular weight excluding hydrogens is 378 g/mol. The fourth-order valence-corrected chi connectivity index (χ4v) is 3.11. The van der Waals surface area contributed by atoms with E-state index in [9.17, 15) is 9.90 Å². The Bertz CT molecular complexity index is 990. The van der Waals surface area contributed by atoms with Crippen LogP contribution in [0.25, 0.3) is 17.5 Å². The lowest BCUT2D eigenvalue weighted by atomic mass is 10.1. The van der Waals surface area contributed by atoms with Crippen LogP contribution in [-0.4, -0.2) is 35.4 Å². The van der Waals surface area contributed by atoms with Crippen LogP contribution in [0.2, 0.25) is 0 Å². The molecule has 0 radical (unpaired) electrons. The Morgan fingerprint density at radius 2 is 1.75 bits per heavy atom. The Labute approximate surface area is 166 Å². The maximum absolute atomic E-state index is 11.5. The van der Waals surface area contributed by atoms with Crippen LogP contribution in [0.5, 0.6) is 11.5 Å². The highest BCUT2D eigenvalue weighted by Crippen LogP contribution is 2.30. The summed E-state index contributed by atoms with van der Waals surface area (Å²) in [6.45, 7) is 1.96. The molecule has 7 nitrogen and oxygen atoms in total. The van der Waals surface area contributed by atoms with Gasteiger partial charge in [0.2, 0.25) is 5.16 Å². The maximum atomic E-state index is 11.5. The zero-order valence-corrected chi connectivity index (χ0v) is 16.4. The summed E-state index contributed by atoms with van der Waals surface area (Å²) in [4.78, 5) is 15.9. The van der Waals surface area contributed by atoms with Crippen LogP contribution < -0.4 is 14.6 Å². The van der Waals surface area contributed by atoms with Gasteiger partial charge in [-0.25, -0.2) is 4.98 Å². The lowest BCUT2D eigenvalue weighted by molar-refractivity contribution is -0.297. The summed E-state index contributed by atoms with van der Waals surface area (Å²) in [5.74, 6) is 0.386. The SMILES string of the molecule is COc1cc(OC)cc(-c2nc(S/C(=C/c3ccc(C)cc3)C(=O)[O-])n[nH]2)c1. The minimum absolute atomic E-state index is 0.0117. The number of thioether (sulfide) groups is 1. The number of ether oxygens (including phenoxy) is 2. The van der Waals surface area contributed by atoms with Crippen molar-refractivity contribution in [3.8, 4) is 22.9 Å². The minimum Gasteiger partial charge on any atom is -0.544 e. The number of carbonyl (C=O) groups is 1. The van der Waals surface area contributed by atoms with Crippen molar-refractivity contribution in [2.75, 3.05) is 14.2 Å². The van der Waals surface area contributed by atoms with Crippen LogP contribution in [0.4, 0.5) is 0 Å². The number of aromatic nitrogens is 3. The predicted octanol–water partition coefficient (Wildman–Crippen LogP) is 2.68. The summed E-state index contributed by atoms with van der Waals surface area (Å²) >= 11 is 0.914. The van der Waals surface area contributed by atoms with Gasteiger partial charge in [0.25, 0.3) is 0 Å². The summed E-state index contributed by atoms with van der Waals surface area (Å²) in [7, 11) is 3.12. The molecule has 0 fully saturated rings. The van der Waals surface area contributed by atoms with Crippen LogP contribution in [0.15, 0.2) is 52.5 Å². The lowest BCUT2D eigenvalue weighted by Crippen LogP contribution is -2.23. The minimum atomic E-state index is -1.29. The van der Waals surface area contributed by atoms with Crippen molar-refractivity contribution in [2.45, 2.75) is 12.1 Å². The summed E-state index contributed by atoms with van der Waals surface area (Å²) < 4.78 is 10.5. The van der Waals surface area contributed by atoms with Gasteiger partial charge >= 0.3 is 0 Å². The van der Waals surface area contributed by atoms with E-state index in [-0.39, 0.29) is 10.1 Å². The second-order valence-electron chi connectivity index (χ2n) is 5.88. The third-order valence-corrected chi connectivity index (χ3v) is 4.74. The third kappa shape index (κ3) is 4.72. The smallest absolute Gasteiger partial charge is 0.213 e. The Kier molecular flexibility index (Phi) is 6.00. The molecule has 0 saturated heterocycles. The standard InChI is InChI=1S/C20H19N3O4S/c1-12-4-6-13(7-5-12)8-17(19(24)25)28-20-21-18(22-23-20)14-9-15(26-2)11-16(10-14)27-3/h4-11H,1-3H3,(H,24,25)(H,21,22,23)/p-1/b17-8+. The third-order valence-electron chi connectivity index (χ3n) is 3.87. The summed E-state index contributed by atoms with van der Waals surface area (Å²) in [5, 5.41) is 18.7. The van der Waals surface area contributed by atoms with Gasteiger partial charge in [-0.15, -0.1) is 5.10 Å². The molecule has 0 atom stereocenters. The molecule has 0 bridgehead atoms. The molecular formula is C20H18N3O4S-. The summed E-state index contributed by atoms with van der Waals surface area (Å²) in [5.41, 5.74) is 2.55. The highest BCUT2D eigenvalue weighted by Gasteiger charge is 2.12. The molecule has 3 aromatic rings. The quantitative estimate of drug-likeness (QED) is 0.484. The van der Waals surface area contributed by atoms with Gasteiger partial charge in [0, 0.05) is 16.5 Å². The summed E-state index contributed by atoms with van der Waals surface area (Å²) in [6.07, 6.45) is 1.53. The number of nitrogens with zero attached hydrogens (tertiary/aromatic N) is 2. The van der Waals surface area contributed by atoms with E-state index < -0.39 is 5.97 Å². The molecule has 144 valence electrons. The van der Waals surface area contributed by atoms with E-state index in [1.165, 1.54) is 6.08 Å². The van der Waals surface area contributed by atoms with Gasteiger partial charge in [0.15, 0.2) is 5.82 Å². The fraction of sp³-hybridized carbons (Fsp3) is 0.150. The molecule has 0 aliphatic rings. The molecule has 1 N–H and O–H groups in total. The number of rotatable bonds is 7. The number of hydrogen-bond acceptors (Lipinski definition) is 7. The van der Waals surface area contributed by atoms with Gasteiger partial charge in [0.05, 0.1) is 20.2 Å². The first-order valence-electron chi connectivity index (χ1n) is 8.32. The molecule has 0 aliphatic carbocycles. The van der Waals surface area contributed by atoms with Crippen LogP contribution in [0, 0.1) is 6.92 Å². The average Bonchev–Trinajstić information content (AvgIpc) is 3.17. The molecule has 0 spiro atoms. The van der Waals surface area contributed by atoms with E-state index in [4.69, 9.17) is 9.47 Å². The Hall–Kier alpha value is -3.26. The number of carbonyl (C=O) groups excluding carboxylic acids is 1.